The Morgan fingerprint density at radius 2 is 2.03 bits per heavy atom. The third-order valence-electron chi connectivity index (χ3n) is 5.41. The van der Waals surface area contributed by atoms with E-state index in [4.69, 9.17) is 14.6 Å². The molecule has 1 N–H and O–H groups in total. The maximum Gasteiger partial charge on any atom is 0.344 e. The zero-order valence-electron chi connectivity index (χ0n) is 20.1. The molecule has 36 heavy (non-hydrogen) atoms. The summed E-state index contributed by atoms with van der Waals surface area (Å²) >= 11 is 3.36. The van der Waals surface area contributed by atoms with Crippen molar-refractivity contribution in [3.63, 3.8) is 0 Å². The Balaban J connectivity index is 2.18. The van der Waals surface area contributed by atoms with E-state index in [0.29, 0.717) is 27.6 Å². The first-order valence-corrected chi connectivity index (χ1v) is 12.0. The number of nitro groups is 1. The van der Waals surface area contributed by atoms with Gasteiger partial charge in [-0.2, -0.15) is 9.78 Å². The molecule has 1 heterocycles. The van der Waals surface area contributed by atoms with E-state index in [1.54, 1.807) is 25.1 Å². The number of carbonyl (C=O) groups is 1. The normalized spacial score (nSPS) is 13.0. The fourth-order valence-corrected chi connectivity index (χ4v) is 3.69. The van der Waals surface area contributed by atoms with E-state index in [2.05, 4.69) is 26.0 Å². The van der Waals surface area contributed by atoms with Gasteiger partial charge in [0, 0.05) is 22.0 Å². The number of hydrogen-bond acceptors (Lipinski definition) is 8. The molecule has 1 aromatic heterocycles. The molecule has 0 aliphatic carbocycles. The minimum absolute atomic E-state index is 0.0173. The van der Waals surface area contributed by atoms with Crippen molar-refractivity contribution in [3.8, 4) is 11.5 Å². The first kappa shape index (κ1) is 26.8. The number of nitrogens with zero attached hydrogens (tertiary/aromatic N) is 4. The number of hydrogen-bond donors (Lipinski definition) is 1. The third kappa shape index (κ3) is 5.70. The number of carboxylic acid groups (broad SMARTS) is 1. The molecule has 0 amide bonds. The van der Waals surface area contributed by atoms with Gasteiger partial charge in [0.1, 0.15) is 5.82 Å². The Kier molecular flexibility index (Phi) is 8.41. The van der Waals surface area contributed by atoms with Gasteiger partial charge in [-0.25, -0.2) is 9.78 Å². The van der Waals surface area contributed by atoms with Crippen LogP contribution in [-0.2, 0) is 4.79 Å². The van der Waals surface area contributed by atoms with Gasteiger partial charge in [0.15, 0.2) is 11.9 Å². The van der Waals surface area contributed by atoms with E-state index in [9.17, 15) is 19.7 Å². The largest absolute Gasteiger partial charge is 0.490 e. The molecule has 2 aromatic carbocycles. The fourth-order valence-electron chi connectivity index (χ4n) is 3.33. The molecule has 0 radical (unpaired) electrons. The molecular weight excluding hydrogens is 536 g/mol. The van der Waals surface area contributed by atoms with Crippen LogP contribution in [-0.4, -0.2) is 44.6 Å². The average molecular weight is 561 g/mol. The SMILES string of the molecule is CCOc1cc(C=Nn2c([C@@H](C)CC)nc3ccc(Br)cc3c2=O)cc([N+](=O)[O-])c1O[C@H](C)C(=O)O. The van der Waals surface area contributed by atoms with Gasteiger partial charge in [0.25, 0.3) is 5.56 Å². The summed E-state index contributed by atoms with van der Waals surface area (Å²) < 4.78 is 12.7. The Labute approximate surface area is 214 Å². The molecule has 11 nitrogen and oxygen atoms in total. The highest BCUT2D eigenvalue weighted by molar-refractivity contribution is 9.10. The lowest BCUT2D eigenvalue weighted by molar-refractivity contribution is -0.386. The third-order valence-corrected chi connectivity index (χ3v) is 5.90. The summed E-state index contributed by atoms with van der Waals surface area (Å²) in [6.07, 6.45) is 0.651. The summed E-state index contributed by atoms with van der Waals surface area (Å²) in [6.45, 7) is 6.97. The van der Waals surface area contributed by atoms with Crippen LogP contribution in [0, 0.1) is 10.1 Å². The Hall–Kier alpha value is -3.80. The topological polar surface area (TPSA) is 146 Å². The first-order chi connectivity index (χ1) is 17.1. The number of benzene rings is 2. The minimum Gasteiger partial charge on any atom is -0.490 e. The van der Waals surface area contributed by atoms with Gasteiger partial charge in [-0.15, -0.1) is 0 Å². The molecule has 0 aliphatic heterocycles. The molecule has 2 atom stereocenters. The molecule has 0 bridgehead atoms. The first-order valence-electron chi connectivity index (χ1n) is 11.2. The van der Waals surface area contributed by atoms with Crippen LogP contribution in [0.1, 0.15) is 51.4 Å². The van der Waals surface area contributed by atoms with Crippen molar-refractivity contribution in [1.82, 2.24) is 9.66 Å². The minimum atomic E-state index is -1.35. The van der Waals surface area contributed by atoms with E-state index in [0.717, 1.165) is 0 Å². The van der Waals surface area contributed by atoms with Crippen molar-refractivity contribution < 1.29 is 24.3 Å². The van der Waals surface area contributed by atoms with Crippen LogP contribution in [0.15, 0.2) is 44.7 Å². The Morgan fingerprint density at radius 1 is 1.31 bits per heavy atom. The van der Waals surface area contributed by atoms with Gasteiger partial charge < -0.3 is 14.6 Å². The Morgan fingerprint density at radius 3 is 2.64 bits per heavy atom. The number of fused-ring (bicyclic) bond motifs is 1. The Bertz CT molecular complexity index is 1400. The maximum atomic E-state index is 13.3. The lowest BCUT2D eigenvalue weighted by Gasteiger charge is -2.16. The molecule has 0 unspecified atom stereocenters. The quantitative estimate of drug-likeness (QED) is 0.213. The predicted octanol–water partition coefficient (Wildman–Crippen LogP) is 4.71. The number of ether oxygens (including phenoxy) is 2. The van der Waals surface area contributed by atoms with Crippen molar-refractivity contribution in [2.75, 3.05) is 6.61 Å². The van der Waals surface area contributed by atoms with Gasteiger partial charge in [0.2, 0.25) is 5.75 Å². The highest BCUT2D eigenvalue weighted by atomic mass is 79.9. The molecule has 0 saturated heterocycles. The molecule has 0 aliphatic rings. The second kappa shape index (κ2) is 11.3. The number of nitro benzene ring substituents is 1. The monoisotopic (exact) mass is 560 g/mol. The van der Waals surface area contributed by atoms with Crippen molar-refractivity contribution in [3.05, 3.63) is 66.7 Å². The molecule has 190 valence electrons. The van der Waals surface area contributed by atoms with E-state index < -0.39 is 22.7 Å². The molecule has 3 aromatic rings. The second-order valence-corrected chi connectivity index (χ2v) is 8.87. The highest BCUT2D eigenvalue weighted by Gasteiger charge is 2.26. The van der Waals surface area contributed by atoms with E-state index in [-0.39, 0.29) is 35.1 Å². The average Bonchev–Trinajstić information content (AvgIpc) is 2.84. The zero-order chi connectivity index (χ0) is 26.6. The van der Waals surface area contributed by atoms with Gasteiger partial charge in [-0.3, -0.25) is 14.9 Å². The number of aliphatic carboxylic acids is 1. The predicted molar refractivity (Wildman–Crippen MR) is 137 cm³/mol. The lowest BCUT2D eigenvalue weighted by atomic mass is 10.1. The summed E-state index contributed by atoms with van der Waals surface area (Å²) in [5, 5.41) is 25.6. The van der Waals surface area contributed by atoms with Crippen molar-refractivity contribution in [2.24, 2.45) is 5.10 Å². The van der Waals surface area contributed by atoms with E-state index in [1.807, 2.05) is 13.8 Å². The standard InChI is InChI=1S/C24H25BrN4O7/c1-5-13(3)22-27-18-8-7-16(25)11-17(18)23(30)28(22)26-12-15-9-19(29(33)34)21(20(10-15)35-6-2)36-14(4)24(31)32/h7-14H,5-6H2,1-4H3,(H,31,32)/t13-,14+/m0/s1. The highest BCUT2D eigenvalue weighted by Crippen LogP contribution is 2.39. The molecular formula is C24H25BrN4O7. The van der Waals surface area contributed by atoms with Crippen LogP contribution >= 0.6 is 15.9 Å². The maximum absolute atomic E-state index is 13.3. The number of carboxylic acids is 1. The molecule has 0 saturated carbocycles. The van der Waals surface area contributed by atoms with Gasteiger partial charge in [-0.05, 0) is 44.5 Å². The fraction of sp³-hybridized carbons (Fsp3) is 0.333. The van der Waals surface area contributed by atoms with Crippen LogP contribution in [0.3, 0.4) is 0 Å². The van der Waals surface area contributed by atoms with Gasteiger partial charge >= 0.3 is 11.7 Å². The summed E-state index contributed by atoms with van der Waals surface area (Å²) in [5.41, 5.74) is -0.0988. The molecule has 0 fully saturated rings. The van der Waals surface area contributed by atoms with Crippen LogP contribution in [0.4, 0.5) is 5.69 Å². The number of halogens is 1. The van der Waals surface area contributed by atoms with E-state index in [1.165, 1.54) is 29.9 Å². The molecule has 0 spiro atoms. The van der Waals surface area contributed by atoms with Gasteiger partial charge in [0.05, 0.1) is 28.6 Å². The number of rotatable bonds is 10. The molecule has 3 rings (SSSR count). The van der Waals surface area contributed by atoms with Crippen molar-refractivity contribution in [2.45, 2.75) is 46.1 Å². The van der Waals surface area contributed by atoms with Crippen LogP contribution < -0.4 is 15.0 Å². The van der Waals surface area contributed by atoms with Crippen LogP contribution in [0.5, 0.6) is 11.5 Å². The van der Waals surface area contributed by atoms with Crippen LogP contribution in [0.25, 0.3) is 10.9 Å². The van der Waals surface area contributed by atoms with E-state index >= 15 is 0 Å². The van der Waals surface area contributed by atoms with Crippen LogP contribution in [0.2, 0.25) is 0 Å². The number of aromatic nitrogens is 2. The smallest absolute Gasteiger partial charge is 0.344 e. The second-order valence-electron chi connectivity index (χ2n) is 7.96. The van der Waals surface area contributed by atoms with Crippen molar-refractivity contribution >= 4 is 44.7 Å². The van der Waals surface area contributed by atoms with Gasteiger partial charge in [-0.1, -0.05) is 29.8 Å². The van der Waals surface area contributed by atoms with Crippen molar-refractivity contribution in [1.29, 1.82) is 0 Å². The molecule has 12 heteroatoms. The zero-order valence-corrected chi connectivity index (χ0v) is 21.7. The lowest BCUT2D eigenvalue weighted by Crippen LogP contribution is -2.24. The summed E-state index contributed by atoms with van der Waals surface area (Å²) in [7, 11) is 0. The summed E-state index contributed by atoms with van der Waals surface area (Å²) in [5.74, 6) is -1.25. The summed E-state index contributed by atoms with van der Waals surface area (Å²) in [6, 6.07) is 7.81. The summed E-state index contributed by atoms with van der Waals surface area (Å²) in [4.78, 5) is 40.3.